The van der Waals surface area contributed by atoms with Crippen LogP contribution in [0.4, 0.5) is 0 Å². The molecule has 0 aliphatic heterocycles. The van der Waals surface area contributed by atoms with Gasteiger partial charge < -0.3 is 10.5 Å². The van der Waals surface area contributed by atoms with E-state index in [1.807, 2.05) is 10.7 Å². The monoisotopic (exact) mass is 287 g/mol. The van der Waals surface area contributed by atoms with Crippen LogP contribution in [0.3, 0.4) is 0 Å². The van der Waals surface area contributed by atoms with Crippen LogP contribution in [-0.4, -0.2) is 16.9 Å². The van der Waals surface area contributed by atoms with Crippen LogP contribution in [0.25, 0.3) is 0 Å². The van der Waals surface area contributed by atoms with Gasteiger partial charge in [0.1, 0.15) is 0 Å². The summed E-state index contributed by atoms with van der Waals surface area (Å²) in [4.78, 5) is 0. The highest BCUT2D eigenvalue weighted by Gasteiger charge is 2.27. The molecule has 0 amide bonds. The third-order valence-electron chi connectivity index (χ3n) is 3.92. The van der Waals surface area contributed by atoms with Crippen molar-refractivity contribution in [2.45, 2.75) is 45.2 Å². The first-order valence-corrected chi connectivity index (χ1v) is 7.52. The molecule has 2 rings (SSSR count). The van der Waals surface area contributed by atoms with Crippen molar-refractivity contribution in [1.29, 1.82) is 0 Å². The fourth-order valence-corrected chi connectivity index (χ4v) is 2.83. The molecule has 1 aromatic heterocycles. The molecule has 0 aliphatic rings. The summed E-state index contributed by atoms with van der Waals surface area (Å²) in [6, 6.07) is 10.5. The van der Waals surface area contributed by atoms with Crippen LogP contribution < -0.4 is 10.5 Å². The van der Waals surface area contributed by atoms with Crippen molar-refractivity contribution in [2.75, 3.05) is 7.11 Å². The molecule has 2 aromatic rings. The normalized spacial score (nSPS) is 14.2. The minimum absolute atomic E-state index is 0.141. The Morgan fingerprint density at radius 2 is 1.90 bits per heavy atom. The van der Waals surface area contributed by atoms with Gasteiger partial charge in [0.25, 0.3) is 0 Å². The van der Waals surface area contributed by atoms with Crippen molar-refractivity contribution in [2.24, 2.45) is 5.73 Å². The van der Waals surface area contributed by atoms with E-state index in [2.05, 4.69) is 50.1 Å². The van der Waals surface area contributed by atoms with E-state index < -0.39 is 0 Å². The van der Waals surface area contributed by atoms with Crippen LogP contribution in [-0.2, 0) is 0 Å². The van der Waals surface area contributed by atoms with Gasteiger partial charge in [0.2, 0.25) is 0 Å². The molecule has 21 heavy (non-hydrogen) atoms. The number of hydrogen-bond donors (Lipinski definition) is 1. The zero-order chi connectivity index (χ0) is 15.4. The number of aromatic nitrogens is 2. The van der Waals surface area contributed by atoms with Crippen molar-refractivity contribution in [3.05, 3.63) is 47.8 Å². The van der Waals surface area contributed by atoms with Gasteiger partial charge in [-0.15, -0.1) is 0 Å². The minimum Gasteiger partial charge on any atom is -0.493 e. The average molecular weight is 287 g/mol. The first kappa shape index (κ1) is 15.6. The Bertz CT molecular complexity index is 563. The van der Waals surface area contributed by atoms with Crippen molar-refractivity contribution in [3.8, 4) is 5.75 Å². The molecule has 1 aromatic carbocycles. The summed E-state index contributed by atoms with van der Waals surface area (Å²) in [6.45, 7) is 6.37. The van der Waals surface area contributed by atoms with Crippen LogP contribution in [0, 0.1) is 0 Å². The first-order valence-electron chi connectivity index (χ1n) is 7.52. The van der Waals surface area contributed by atoms with E-state index in [-0.39, 0.29) is 18.0 Å². The van der Waals surface area contributed by atoms with Crippen molar-refractivity contribution < 1.29 is 4.74 Å². The quantitative estimate of drug-likeness (QED) is 0.882. The number of rotatable bonds is 6. The minimum atomic E-state index is -0.141. The van der Waals surface area contributed by atoms with Crippen LogP contribution >= 0.6 is 0 Å². The Morgan fingerprint density at radius 1 is 1.24 bits per heavy atom. The zero-order valence-electron chi connectivity index (χ0n) is 13.3. The molecule has 2 unspecified atom stereocenters. The summed E-state index contributed by atoms with van der Waals surface area (Å²) in [5.41, 5.74) is 8.83. The van der Waals surface area contributed by atoms with Gasteiger partial charge in [-0.25, -0.2) is 0 Å². The molecule has 1 heterocycles. The van der Waals surface area contributed by atoms with Crippen molar-refractivity contribution in [1.82, 2.24) is 9.78 Å². The number of hydrogen-bond acceptors (Lipinski definition) is 3. The van der Waals surface area contributed by atoms with Gasteiger partial charge >= 0.3 is 0 Å². The van der Waals surface area contributed by atoms with E-state index in [0.29, 0.717) is 0 Å². The largest absolute Gasteiger partial charge is 0.493 e. The molecule has 0 bridgehead atoms. The van der Waals surface area contributed by atoms with E-state index in [1.54, 1.807) is 13.3 Å². The average Bonchev–Trinajstić information content (AvgIpc) is 2.93. The summed E-state index contributed by atoms with van der Waals surface area (Å²) < 4.78 is 7.43. The van der Waals surface area contributed by atoms with E-state index in [9.17, 15) is 0 Å². The predicted molar refractivity (Wildman–Crippen MR) is 85.6 cm³/mol. The van der Waals surface area contributed by atoms with Gasteiger partial charge in [-0.2, -0.15) is 5.10 Å². The predicted octanol–water partition coefficient (Wildman–Crippen LogP) is 3.67. The number of benzene rings is 1. The SMILES string of the molecule is CCC(c1ccccc1)C(N)c1c(OC)cnn1C(C)C. The molecule has 4 heteroatoms. The number of ether oxygens (including phenoxy) is 1. The molecule has 0 radical (unpaired) electrons. The number of nitrogens with zero attached hydrogens (tertiary/aromatic N) is 2. The summed E-state index contributed by atoms with van der Waals surface area (Å²) in [6.07, 6.45) is 2.73. The third kappa shape index (κ3) is 3.10. The Hall–Kier alpha value is -1.81. The molecule has 0 saturated carbocycles. The Balaban J connectivity index is 2.42. The molecule has 0 spiro atoms. The highest BCUT2D eigenvalue weighted by molar-refractivity contribution is 5.33. The molecule has 0 aliphatic carbocycles. The summed E-state index contributed by atoms with van der Waals surface area (Å²) in [5, 5.41) is 4.43. The fourth-order valence-electron chi connectivity index (χ4n) is 2.83. The second-order valence-corrected chi connectivity index (χ2v) is 5.59. The molecule has 0 saturated heterocycles. The first-order chi connectivity index (χ1) is 10.1. The molecular formula is C17H25N3O. The molecular weight excluding hydrogens is 262 g/mol. The van der Waals surface area contributed by atoms with Crippen LogP contribution in [0.5, 0.6) is 5.75 Å². The molecule has 0 fully saturated rings. The smallest absolute Gasteiger partial charge is 0.161 e. The topological polar surface area (TPSA) is 53.1 Å². The number of nitrogens with two attached hydrogens (primary N) is 1. The molecule has 2 N–H and O–H groups in total. The Labute approximate surface area is 126 Å². The Kier molecular flexibility index (Phi) is 5.02. The van der Waals surface area contributed by atoms with Crippen LogP contribution in [0.1, 0.15) is 56.5 Å². The zero-order valence-corrected chi connectivity index (χ0v) is 13.3. The summed E-state index contributed by atoms with van der Waals surface area (Å²) >= 11 is 0. The van der Waals surface area contributed by atoms with Crippen LogP contribution in [0.15, 0.2) is 36.5 Å². The van der Waals surface area contributed by atoms with E-state index in [4.69, 9.17) is 10.5 Å². The number of methoxy groups -OCH3 is 1. The Morgan fingerprint density at radius 3 is 2.43 bits per heavy atom. The second kappa shape index (κ2) is 6.76. The van der Waals surface area contributed by atoms with Gasteiger partial charge in [-0.3, -0.25) is 4.68 Å². The molecule has 2 atom stereocenters. The van der Waals surface area contributed by atoms with Crippen LogP contribution in [0.2, 0.25) is 0 Å². The lowest BCUT2D eigenvalue weighted by Gasteiger charge is -2.25. The second-order valence-electron chi connectivity index (χ2n) is 5.59. The maximum Gasteiger partial charge on any atom is 0.161 e. The van der Waals surface area contributed by atoms with Gasteiger partial charge in [0.15, 0.2) is 5.75 Å². The van der Waals surface area contributed by atoms with Crippen molar-refractivity contribution in [3.63, 3.8) is 0 Å². The van der Waals surface area contributed by atoms with E-state index in [1.165, 1.54) is 5.56 Å². The van der Waals surface area contributed by atoms with E-state index >= 15 is 0 Å². The molecule has 4 nitrogen and oxygen atoms in total. The highest BCUT2D eigenvalue weighted by atomic mass is 16.5. The van der Waals surface area contributed by atoms with E-state index in [0.717, 1.165) is 17.9 Å². The highest BCUT2D eigenvalue weighted by Crippen LogP contribution is 2.36. The maximum absolute atomic E-state index is 6.60. The summed E-state index contributed by atoms with van der Waals surface area (Å²) in [5.74, 6) is 1.01. The third-order valence-corrected chi connectivity index (χ3v) is 3.92. The molecule has 114 valence electrons. The van der Waals surface area contributed by atoms with Gasteiger partial charge in [-0.1, -0.05) is 37.3 Å². The maximum atomic E-state index is 6.60. The summed E-state index contributed by atoms with van der Waals surface area (Å²) in [7, 11) is 1.67. The lowest BCUT2D eigenvalue weighted by Crippen LogP contribution is -2.24. The van der Waals surface area contributed by atoms with Gasteiger partial charge in [-0.05, 0) is 25.8 Å². The lowest BCUT2D eigenvalue weighted by atomic mass is 9.87. The van der Waals surface area contributed by atoms with Gasteiger partial charge in [0.05, 0.1) is 25.0 Å². The van der Waals surface area contributed by atoms with Gasteiger partial charge in [0, 0.05) is 12.0 Å². The van der Waals surface area contributed by atoms with Crippen molar-refractivity contribution >= 4 is 0 Å². The lowest BCUT2D eigenvalue weighted by molar-refractivity contribution is 0.385. The standard InChI is InChI=1S/C17H25N3O/c1-5-14(13-9-7-6-8-10-13)16(18)17-15(21-4)11-19-20(17)12(2)3/h6-12,14,16H,5,18H2,1-4H3. The fraction of sp³-hybridized carbons (Fsp3) is 0.471.